The van der Waals surface area contributed by atoms with Crippen molar-refractivity contribution in [3.05, 3.63) is 35.4 Å². The zero-order valence-corrected chi connectivity index (χ0v) is 9.54. The summed E-state index contributed by atoms with van der Waals surface area (Å²) in [5.41, 5.74) is 3.06. The van der Waals surface area contributed by atoms with Gasteiger partial charge in [0.2, 0.25) is 0 Å². The van der Waals surface area contributed by atoms with E-state index in [4.69, 9.17) is 0 Å². The van der Waals surface area contributed by atoms with Crippen LogP contribution in [-0.4, -0.2) is 0 Å². The number of benzene rings is 1. The fourth-order valence-electron chi connectivity index (χ4n) is 1.23. The summed E-state index contributed by atoms with van der Waals surface area (Å²) >= 11 is 5.01. The number of hydrogen-bond donors (Lipinski definition) is 0. The number of fused-ring (bicyclic) bond motifs is 1. The van der Waals surface area contributed by atoms with Gasteiger partial charge in [0.15, 0.2) is 0 Å². The van der Waals surface area contributed by atoms with Crippen molar-refractivity contribution < 1.29 is 0 Å². The quantitative estimate of drug-likeness (QED) is 0.492. The van der Waals surface area contributed by atoms with E-state index in [-0.39, 0.29) is 0 Å². The molecule has 0 heterocycles. The van der Waals surface area contributed by atoms with Crippen LogP contribution in [0.25, 0.3) is 0 Å². The molecular formula is C8H6I2. The lowest BCUT2D eigenvalue weighted by atomic mass is 9.89. The van der Waals surface area contributed by atoms with Crippen LogP contribution in [-0.2, 0) is 0 Å². The lowest BCUT2D eigenvalue weighted by molar-refractivity contribution is 0.852. The minimum atomic E-state index is 0.745. The van der Waals surface area contributed by atoms with Gasteiger partial charge in [0.1, 0.15) is 0 Å². The summed E-state index contributed by atoms with van der Waals surface area (Å²) in [5.74, 6) is 0. The molecule has 0 spiro atoms. The number of hydrogen-bond acceptors (Lipinski definition) is 0. The lowest BCUT2D eigenvalue weighted by Gasteiger charge is -2.31. The Kier molecular flexibility index (Phi) is 1.92. The highest BCUT2D eigenvalue weighted by Crippen LogP contribution is 2.54. The van der Waals surface area contributed by atoms with E-state index in [2.05, 4.69) is 69.4 Å². The van der Waals surface area contributed by atoms with Crippen LogP contribution in [0, 0.1) is 0 Å². The van der Waals surface area contributed by atoms with E-state index in [1.807, 2.05) is 0 Å². The Morgan fingerprint density at radius 3 is 1.70 bits per heavy atom. The van der Waals surface area contributed by atoms with Crippen molar-refractivity contribution in [3.63, 3.8) is 0 Å². The first-order valence-corrected chi connectivity index (χ1v) is 5.67. The van der Waals surface area contributed by atoms with Crippen molar-refractivity contribution in [1.29, 1.82) is 0 Å². The van der Waals surface area contributed by atoms with Gasteiger partial charge in [-0.3, -0.25) is 0 Å². The average molecular weight is 356 g/mol. The Labute approximate surface area is 87.7 Å². The highest BCUT2D eigenvalue weighted by Gasteiger charge is 2.32. The predicted molar refractivity (Wildman–Crippen MR) is 60.0 cm³/mol. The Hall–Kier alpha value is 0.680. The van der Waals surface area contributed by atoms with Crippen LogP contribution in [0.5, 0.6) is 0 Å². The first kappa shape index (κ1) is 7.34. The molecule has 0 bridgehead atoms. The van der Waals surface area contributed by atoms with Crippen LogP contribution in [0.4, 0.5) is 0 Å². The zero-order valence-electron chi connectivity index (χ0n) is 5.22. The van der Waals surface area contributed by atoms with Crippen molar-refractivity contribution in [2.45, 2.75) is 7.85 Å². The van der Waals surface area contributed by atoms with Gasteiger partial charge in [0, 0.05) is 0 Å². The zero-order chi connectivity index (χ0) is 7.14. The van der Waals surface area contributed by atoms with Crippen LogP contribution in [0.2, 0.25) is 0 Å². The Morgan fingerprint density at radius 2 is 1.30 bits per heavy atom. The van der Waals surface area contributed by atoms with Gasteiger partial charge >= 0.3 is 0 Å². The maximum Gasteiger partial charge on any atom is 0.0521 e. The standard InChI is InChI=1S/C8H6I2/c9-7-5-3-1-2-4-6(5)8(7)10/h1-4,7-8H/t7-,8-/m0/s1. The van der Waals surface area contributed by atoms with E-state index < -0.39 is 0 Å². The van der Waals surface area contributed by atoms with Crippen molar-refractivity contribution in [2.75, 3.05) is 0 Å². The molecule has 1 aliphatic rings. The van der Waals surface area contributed by atoms with Crippen LogP contribution >= 0.6 is 45.2 Å². The molecule has 2 atom stereocenters. The van der Waals surface area contributed by atoms with Gasteiger partial charge in [-0.1, -0.05) is 69.4 Å². The molecule has 1 aromatic rings. The van der Waals surface area contributed by atoms with Gasteiger partial charge in [-0.15, -0.1) is 0 Å². The summed E-state index contributed by atoms with van der Waals surface area (Å²) in [7, 11) is 0. The van der Waals surface area contributed by atoms with Crippen molar-refractivity contribution in [2.24, 2.45) is 0 Å². The largest absolute Gasteiger partial charge is 0.0759 e. The number of alkyl halides is 2. The monoisotopic (exact) mass is 356 g/mol. The number of rotatable bonds is 0. The summed E-state index contributed by atoms with van der Waals surface area (Å²) in [4.78, 5) is 0. The molecule has 2 heteroatoms. The fraction of sp³-hybridized carbons (Fsp3) is 0.250. The average Bonchev–Trinajstić information content (AvgIpc) is 2.03. The third-order valence-corrected chi connectivity index (χ3v) is 6.00. The summed E-state index contributed by atoms with van der Waals surface area (Å²) in [6.07, 6.45) is 0. The normalized spacial score (nSPS) is 29.0. The summed E-state index contributed by atoms with van der Waals surface area (Å²) in [5, 5.41) is 0. The second-order valence-electron chi connectivity index (χ2n) is 2.43. The van der Waals surface area contributed by atoms with E-state index in [1.165, 1.54) is 11.1 Å². The molecule has 1 aliphatic carbocycles. The molecule has 0 saturated heterocycles. The third-order valence-electron chi connectivity index (χ3n) is 1.85. The topological polar surface area (TPSA) is 0 Å². The van der Waals surface area contributed by atoms with E-state index in [0.717, 1.165) is 7.85 Å². The molecule has 0 nitrogen and oxygen atoms in total. The Balaban J connectivity index is 2.50. The Bertz CT molecular complexity index is 230. The second-order valence-corrected chi connectivity index (χ2v) is 5.12. The molecule has 0 aliphatic heterocycles. The predicted octanol–water partition coefficient (Wildman–Crippen LogP) is 3.65. The van der Waals surface area contributed by atoms with Gasteiger partial charge in [0.25, 0.3) is 0 Å². The van der Waals surface area contributed by atoms with Crippen LogP contribution < -0.4 is 0 Å². The minimum Gasteiger partial charge on any atom is -0.0759 e. The maximum absolute atomic E-state index is 2.50. The number of halogens is 2. The molecule has 0 unspecified atom stereocenters. The molecule has 2 rings (SSSR count). The van der Waals surface area contributed by atoms with E-state index in [1.54, 1.807) is 0 Å². The SMILES string of the molecule is I[C@H]1c2ccccc2[C@@H]1I. The summed E-state index contributed by atoms with van der Waals surface area (Å²) in [6.45, 7) is 0. The third kappa shape index (κ3) is 0.913. The molecule has 52 valence electrons. The summed E-state index contributed by atoms with van der Waals surface area (Å²) < 4.78 is 1.49. The summed E-state index contributed by atoms with van der Waals surface area (Å²) in [6, 6.07) is 8.68. The first-order chi connectivity index (χ1) is 4.80. The molecule has 0 aromatic heterocycles. The molecule has 0 amide bonds. The van der Waals surface area contributed by atoms with Gasteiger partial charge in [-0.2, -0.15) is 0 Å². The highest BCUT2D eigenvalue weighted by molar-refractivity contribution is 14.1. The van der Waals surface area contributed by atoms with E-state index in [0.29, 0.717) is 0 Å². The van der Waals surface area contributed by atoms with Crippen molar-refractivity contribution in [1.82, 2.24) is 0 Å². The van der Waals surface area contributed by atoms with E-state index in [9.17, 15) is 0 Å². The second kappa shape index (κ2) is 2.62. The van der Waals surface area contributed by atoms with Crippen LogP contribution in [0.15, 0.2) is 24.3 Å². The van der Waals surface area contributed by atoms with E-state index >= 15 is 0 Å². The van der Waals surface area contributed by atoms with Gasteiger partial charge < -0.3 is 0 Å². The van der Waals surface area contributed by atoms with Crippen molar-refractivity contribution in [3.8, 4) is 0 Å². The van der Waals surface area contributed by atoms with Gasteiger partial charge in [-0.25, -0.2) is 0 Å². The molecule has 0 fully saturated rings. The minimum absolute atomic E-state index is 0.745. The smallest absolute Gasteiger partial charge is 0.0521 e. The van der Waals surface area contributed by atoms with Crippen molar-refractivity contribution >= 4 is 45.2 Å². The first-order valence-electron chi connectivity index (χ1n) is 3.17. The van der Waals surface area contributed by atoms with Crippen LogP contribution in [0.1, 0.15) is 19.0 Å². The molecule has 1 aromatic carbocycles. The Morgan fingerprint density at radius 1 is 0.900 bits per heavy atom. The molecular weight excluding hydrogens is 350 g/mol. The van der Waals surface area contributed by atoms with Gasteiger partial charge in [0.05, 0.1) is 7.85 Å². The molecule has 0 N–H and O–H groups in total. The molecule has 0 radical (unpaired) electrons. The highest BCUT2D eigenvalue weighted by atomic mass is 127. The van der Waals surface area contributed by atoms with Crippen LogP contribution in [0.3, 0.4) is 0 Å². The maximum atomic E-state index is 2.50. The molecule has 0 saturated carbocycles. The van der Waals surface area contributed by atoms with Gasteiger partial charge in [-0.05, 0) is 11.1 Å². The fourth-order valence-corrected chi connectivity index (χ4v) is 3.14. The molecule has 10 heavy (non-hydrogen) atoms. The lowest BCUT2D eigenvalue weighted by Crippen LogP contribution is -2.13.